The number of amides is 1. The zero-order valence-corrected chi connectivity index (χ0v) is 12.3. The van der Waals surface area contributed by atoms with Crippen LogP contribution in [0.2, 0.25) is 5.15 Å². The monoisotopic (exact) mass is 315 g/mol. The molecule has 0 radical (unpaired) electrons. The average Bonchev–Trinajstić information content (AvgIpc) is 2.43. The van der Waals surface area contributed by atoms with Gasteiger partial charge in [0.15, 0.2) is 0 Å². The first-order valence-electron chi connectivity index (χ1n) is 6.08. The zero-order valence-electron chi connectivity index (χ0n) is 11.5. The van der Waals surface area contributed by atoms with Crippen LogP contribution in [0.4, 0.5) is 5.69 Å². The number of nitrogens with zero attached hydrogens (tertiary/aromatic N) is 3. The molecule has 1 aromatic rings. The van der Waals surface area contributed by atoms with Gasteiger partial charge in [-0.05, 0) is 13.0 Å². The molecule has 1 amide bonds. The third kappa shape index (κ3) is 4.38. The molecular weight excluding hydrogens is 302 g/mol. The third-order valence-electron chi connectivity index (χ3n) is 2.60. The number of aromatic nitrogens is 1. The summed E-state index contributed by atoms with van der Waals surface area (Å²) in [5, 5.41) is 10.6. The lowest BCUT2D eigenvalue weighted by atomic mass is 10.2. The van der Waals surface area contributed by atoms with Gasteiger partial charge in [-0.2, -0.15) is 0 Å². The minimum absolute atomic E-state index is 0.00267. The maximum absolute atomic E-state index is 12.2. The predicted octanol–water partition coefficient (Wildman–Crippen LogP) is 1.67. The van der Waals surface area contributed by atoms with Crippen molar-refractivity contribution >= 4 is 29.2 Å². The van der Waals surface area contributed by atoms with Gasteiger partial charge in [-0.3, -0.25) is 19.7 Å². The molecule has 8 nitrogen and oxygen atoms in total. The Kier molecular flexibility index (Phi) is 6.04. The Morgan fingerprint density at radius 1 is 1.52 bits per heavy atom. The highest BCUT2D eigenvalue weighted by Crippen LogP contribution is 2.26. The minimum atomic E-state index is -0.762. The van der Waals surface area contributed by atoms with Crippen molar-refractivity contribution in [3.63, 3.8) is 0 Å². The van der Waals surface area contributed by atoms with Crippen molar-refractivity contribution in [2.75, 3.05) is 20.2 Å². The number of ether oxygens (including phenoxy) is 1. The molecule has 21 heavy (non-hydrogen) atoms. The molecule has 0 unspecified atom stereocenters. The van der Waals surface area contributed by atoms with E-state index in [1.54, 1.807) is 6.92 Å². The first-order valence-corrected chi connectivity index (χ1v) is 6.46. The second kappa shape index (κ2) is 7.53. The lowest BCUT2D eigenvalue weighted by Gasteiger charge is -2.16. The molecule has 0 N–H and O–H groups in total. The number of nitro groups is 1. The van der Waals surface area contributed by atoms with Gasteiger partial charge < -0.3 is 9.64 Å². The van der Waals surface area contributed by atoms with E-state index in [9.17, 15) is 19.7 Å². The van der Waals surface area contributed by atoms with Crippen molar-refractivity contribution in [1.82, 2.24) is 9.88 Å². The first-order chi connectivity index (χ1) is 9.88. The highest BCUT2D eigenvalue weighted by atomic mass is 35.5. The van der Waals surface area contributed by atoms with E-state index in [-0.39, 0.29) is 30.3 Å². The molecule has 1 aromatic heterocycles. The van der Waals surface area contributed by atoms with Crippen LogP contribution < -0.4 is 0 Å². The highest BCUT2D eigenvalue weighted by Gasteiger charge is 2.27. The fourth-order valence-electron chi connectivity index (χ4n) is 1.57. The van der Waals surface area contributed by atoms with Crippen molar-refractivity contribution in [2.24, 2.45) is 0 Å². The molecule has 0 spiro atoms. The normalized spacial score (nSPS) is 10.0. The van der Waals surface area contributed by atoms with E-state index < -0.39 is 22.5 Å². The van der Waals surface area contributed by atoms with Crippen LogP contribution in [0, 0.1) is 10.1 Å². The smallest absolute Gasteiger partial charge is 0.319 e. The number of rotatable bonds is 6. The summed E-state index contributed by atoms with van der Waals surface area (Å²) in [4.78, 5) is 38.4. The van der Waals surface area contributed by atoms with Gasteiger partial charge in [0.1, 0.15) is 5.56 Å². The van der Waals surface area contributed by atoms with Crippen molar-refractivity contribution in [3.05, 3.63) is 33.1 Å². The second-order valence-electron chi connectivity index (χ2n) is 4.04. The molecule has 0 bridgehead atoms. The molecular formula is C12H14ClN3O5. The lowest BCUT2D eigenvalue weighted by molar-refractivity contribution is -0.385. The highest BCUT2D eigenvalue weighted by molar-refractivity contribution is 6.32. The molecule has 0 aliphatic heterocycles. The van der Waals surface area contributed by atoms with Gasteiger partial charge in [0.05, 0.1) is 18.0 Å². The zero-order chi connectivity index (χ0) is 16.0. The van der Waals surface area contributed by atoms with Crippen LogP contribution in [0.3, 0.4) is 0 Å². The van der Waals surface area contributed by atoms with Crippen molar-refractivity contribution in [2.45, 2.75) is 13.3 Å². The van der Waals surface area contributed by atoms with Gasteiger partial charge in [0.2, 0.25) is 5.15 Å². The summed E-state index contributed by atoms with van der Waals surface area (Å²) in [5.74, 6) is -1.06. The SMILES string of the molecule is CCOC(=O)CCN(C)C(=O)c1ccnc(Cl)c1[N+](=O)[O-]. The predicted molar refractivity (Wildman–Crippen MR) is 74.1 cm³/mol. The Balaban J connectivity index is 2.86. The molecule has 114 valence electrons. The standard InChI is InChI=1S/C12H14ClN3O5/c1-3-21-9(17)5-7-15(2)12(18)8-4-6-14-11(13)10(8)16(19)20/h4,6H,3,5,7H2,1-2H3. The molecule has 0 aliphatic carbocycles. The average molecular weight is 316 g/mol. The number of esters is 1. The van der Waals surface area contributed by atoms with Crippen LogP contribution >= 0.6 is 11.6 Å². The van der Waals surface area contributed by atoms with Crippen molar-refractivity contribution in [1.29, 1.82) is 0 Å². The van der Waals surface area contributed by atoms with Crippen LogP contribution in [0.1, 0.15) is 23.7 Å². The summed E-state index contributed by atoms with van der Waals surface area (Å²) in [6.07, 6.45) is 1.21. The summed E-state index contributed by atoms with van der Waals surface area (Å²) in [6, 6.07) is 1.22. The van der Waals surface area contributed by atoms with Gasteiger partial charge in [-0.15, -0.1) is 0 Å². The quantitative estimate of drug-likeness (QED) is 0.342. The Labute approximate surface area is 125 Å². The maximum Gasteiger partial charge on any atom is 0.319 e. The number of halogens is 1. The van der Waals surface area contributed by atoms with Gasteiger partial charge in [0.25, 0.3) is 5.91 Å². The van der Waals surface area contributed by atoms with Crippen LogP contribution in [-0.2, 0) is 9.53 Å². The van der Waals surface area contributed by atoms with E-state index in [2.05, 4.69) is 4.98 Å². The first kappa shape index (κ1) is 16.8. The Bertz CT molecular complexity index is 564. The van der Waals surface area contributed by atoms with Gasteiger partial charge in [0, 0.05) is 19.8 Å². The number of hydrogen-bond donors (Lipinski definition) is 0. The summed E-state index contributed by atoms with van der Waals surface area (Å²) in [6.45, 7) is 2.01. The Hall–Kier alpha value is -2.22. The fraction of sp³-hybridized carbons (Fsp3) is 0.417. The molecule has 0 aliphatic rings. The van der Waals surface area contributed by atoms with E-state index in [0.717, 1.165) is 0 Å². The molecule has 0 saturated heterocycles. The summed E-state index contributed by atoms with van der Waals surface area (Å²) in [7, 11) is 1.43. The molecule has 1 heterocycles. The number of carbonyl (C=O) groups is 2. The maximum atomic E-state index is 12.2. The third-order valence-corrected chi connectivity index (χ3v) is 2.87. The Morgan fingerprint density at radius 3 is 2.76 bits per heavy atom. The van der Waals surface area contributed by atoms with Crippen LogP contribution in [-0.4, -0.2) is 46.9 Å². The molecule has 0 aromatic carbocycles. The van der Waals surface area contributed by atoms with E-state index in [4.69, 9.17) is 16.3 Å². The second-order valence-corrected chi connectivity index (χ2v) is 4.39. The lowest BCUT2D eigenvalue weighted by Crippen LogP contribution is -2.30. The molecule has 0 fully saturated rings. The largest absolute Gasteiger partial charge is 0.466 e. The number of pyridine rings is 1. The number of carbonyl (C=O) groups excluding carboxylic acids is 2. The van der Waals surface area contributed by atoms with E-state index in [1.807, 2.05) is 0 Å². The fourth-order valence-corrected chi connectivity index (χ4v) is 1.80. The van der Waals surface area contributed by atoms with E-state index in [0.29, 0.717) is 0 Å². The van der Waals surface area contributed by atoms with Crippen LogP contribution in [0.25, 0.3) is 0 Å². The van der Waals surface area contributed by atoms with Gasteiger partial charge in [-0.1, -0.05) is 11.6 Å². The van der Waals surface area contributed by atoms with Gasteiger partial charge >= 0.3 is 11.7 Å². The summed E-state index contributed by atoms with van der Waals surface area (Å²) < 4.78 is 4.74. The topological polar surface area (TPSA) is 103 Å². The summed E-state index contributed by atoms with van der Waals surface area (Å²) >= 11 is 5.64. The van der Waals surface area contributed by atoms with E-state index in [1.165, 1.54) is 24.2 Å². The van der Waals surface area contributed by atoms with Crippen molar-refractivity contribution < 1.29 is 19.2 Å². The molecule has 9 heteroatoms. The molecule has 1 rings (SSSR count). The van der Waals surface area contributed by atoms with Crippen LogP contribution in [0.5, 0.6) is 0 Å². The molecule has 0 atom stereocenters. The van der Waals surface area contributed by atoms with Crippen molar-refractivity contribution in [3.8, 4) is 0 Å². The Morgan fingerprint density at radius 2 is 2.19 bits per heavy atom. The number of hydrogen-bond acceptors (Lipinski definition) is 6. The molecule has 0 saturated carbocycles. The van der Waals surface area contributed by atoms with E-state index >= 15 is 0 Å². The summed E-state index contributed by atoms with van der Waals surface area (Å²) in [5.41, 5.74) is -0.724. The van der Waals surface area contributed by atoms with Crippen LogP contribution in [0.15, 0.2) is 12.3 Å². The van der Waals surface area contributed by atoms with Gasteiger partial charge in [-0.25, -0.2) is 4.98 Å². The minimum Gasteiger partial charge on any atom is -0.466 e.